The fraction of sp³-hybridized carbons (Fsp3) is 0.333. The highest BCUT2D eigenvalue weighted by molar-refractivity contribution is 7.16. The maximum absolute atomic E-state index is 12.6. The number of aryl methyl sites for hydroxylation is 1. The summed E-state index contributed by atoms with van der Waals surface area (Å²) in [7, 11) is 0. The van der Waals surface area contributed by atoms with Gasteiger partial charge >= 0.3 is 0 Å². The summed E-state index contributed by atoms with van der Waals surface area (Å²) in [6.07, 6.45) is 3.13. The maximum atomic E-state index is 12.6. The van der Waals surface area contributed by atoms with Crippen LogP contribution >= 0.6 is 11.3 Å². The number of rotatable bonds is 2. The molecular weight excluding hydrogens is 330 g/mol. The summed E-state index contributed by atoms with van der Waals surface area (Å²) in [4.78, 5) is 33.2. The smallest absolute Gasteiger partial charge is 0.289 e. The molecule has 3 aromatic rings. The van der Waals surface area contributed by atoms with E-state index in [2.05, 4.69) is 10.1 Å². The normalized spacial score (nSPS) is 15.2. The van der Waals surface area contributed by atoms with Crippen molar-refractivity contribution in [2.24, 2.45) is 0 Å². The molecule has 0 unspecified atom stereocenters. The van der Waals surface area contributed by atoms with Crippen LogP contribution in [0.4, 0.5) is 0 Å². The van der Waals surface area contributed by atoms with Crippen molar-refractivity contribution in [1.82, 2.24) is 24.4 Å². The van der Waals surface area contributed by atoms with E-state index in [0.717, 1.165) is 5.01 Å². The first kappa shape index (κ1) is 14.9. The Bertz CT molecular complexity index is 858. The van der Waals surface area contributed by atoms with Crippen LogP contribution in [0.5, 0.6) is 0 Å². The Morgan fingerprint density at radius 3 is 2.50 bits per heavy atom. The number of furan rings is 1. The first-order valence-electron chi connectivity index (χ1n) is 7.57. The minimum atomic E-state index is -0.144. The van der Waals surface area contributed by atoms with Crippen LogP contribution in [0, 0.1) is 6.92 Å². The number of imidazole rings is 1. The van der Waals surface area contributed by atoms with Crippen molar-refractivity contribution >= 4 is 28.1 Å². The average Bonchev–Trinajstić information content (AvgIpc) is 3.29. The van der Waals surface area contributed by atoms with Crippen LogP contribution < -0.4 is 0 Å². The summed E-state index contributed by atoms with van der Waals surface area (Å²) in [6.45, 7) is 3.80. The number of aromatic nitrogens is 3. The van der Waals surface area contributed by atoms with Gasteiger partial charge in [-0.25, -0.2) is 9.50 Å². The van der Waals surface area contributed by atoms with Gasteiger partial charge in [0.25, 0.3) is 11.8 Å². The highest BCUT2D eigenvalue weighted by Crippen LogP contribution is 2.16. The topological polar surface area (TPSA) is 84.0 Å². The molecule has 3 aromatic heterocycles. The second-order valence-electron chi connectivity index (χ2n) is 5.54. The lowest BCUT2D eigenvalue weighted by molar-refractivity contribution is 0.0515. The molecule has 0 saturated carbocycles. The molecule has 0 radical (unpaired) electrons. The quantitative estimate of drug-likeness (QED) is 0.699. The molecule has 4 rings (SSSR count). The van der Waals surface area contributed by atoms with Crippen molar-refractivity contribution in [1.29, 1.82) is 0 Å². The number of piperazine rings is 1. The third kappa shape index (κ3) is 2.56. The molecule has 4 heterocycles. The third-order valence-electron chi connectivity index (χ3n) is 3.95. The SMILES string of the molecule is Cc1nn2cc(C(=O)N3CCN(C(=O)c4ccco4)CC3)nc2s1. The van der Waals surface area contributed by atoms with Gasteiger partial charge in [-0.3, -0.25) is 9.59 Å². The Balaban J connectivity index is 1.42. The van der Waals surface area contributed by atoms with Gasteiger partial charge in [-0.05, 0) is 19.1 Å². The lowest BCUT2D eigenvalue weighted by atomic mass is 10.2. The van der Waals surface area contributed by atoms with E-state index in [0.29, 0.717) is 42.6 Å². The van der Waals surface area contributed by atoms with Gasteiger partial charge in [0.2, 0.25) is 4.96 Å². The fourth-order valence-corrected chi connectivity index (χ4v) is 3.46. The van der Waals surface area contributed by atoms with Crippen LogP contribution in [-0.2, 0) is 0 Å². The molecule has 8 nitrogen and oxygen atoms in total. The van der Waals surface area contributed by atoms with Crippen LogP contribution in [0.25, 0.3) is 4.96 Å². The van der Waals surface area contributed by atoms with E-state index >= 15 is 0 Å². The second-order valence-corrected chi connectivity index (χ2v) is 6.70. The predicted octanol–water partition coefficient (Wildman–Crippen LogP) is 1.29. The van der Waals surface area contributed by atoms with Crippen LogP contribution in [0.15, 0.2) is 29.0 Å². The molecule has 1 saturated heterocycles. The number of nitrogens with zero attached hydrogens (tertiary/aromatic N) is 5. The van der Waals surface area contributed by atoms with Gasteiger partial charge in [0.15, 0.2) is 5.76 Å². The molecule has 24 heavy (non-hydrogen) atoms. The van der Waals surface area contributed by atoms with Crippen LogP contribution in [0.1, 0.15) is 26.1 Å². The first-order valence-corrected chi connectivity index (χ1v) is 8.38. The average molecular weight is 345 g/mol. The molecule has 1 aliphatic rings. The predicted molar refractivity (Wildman–Crippen MR) is 86.1 cm³/mol. The molecule has 0 aromatic carbocycles. The van der Waals surface area contributed by atoms with Gasteiger partial charge in [-0.1, -0.05) is 11.3 Å². The van der Waals surface area contributed by atoms with Gasteiger partial charge < -0.3 is 14.2 Å². The third-order valence-corrected chi connectivity index (χ3v) is 4.79. The number of hydrogen-bond donors (Lipinski definition) is 0. The molecule has 0 aliphatic carbocycles. The highest BCUT2D eigenvalue weighted by atomic mass is 32.1. The Morgan fingerprint density at radius 1 is 1.17 bits per heavy atom. The Labute approximate surface area is 141 Å². The number of fused-ring (bicyclic) bond motifs is 1. The van der Waals surface area contributed by atoms with Gasteiger partial charge in [-0.15, -0.1) is 0 Å². The van der Waals surface area contributed by atoms with Gasteiger partial charge in [0.1, 0.15) is 10.7 Å². The first-order chi connectivity index (χ1) is 11.6. The van der Waals surface area contributed by atoms with E-state index in [4.69, 9.17) is 4.42 Å². The van der Waals surface area contributed by atoms with E-state index in [9.17, 15) is 9.59 Å². The molecule has 9 heteroatoms. The maximum Gasteiger partial charge on any atom is 0.289 e. The number of hydrogen-bond acceptors (Lipinski definition) is 6. The lowest BCUT2D eigenvalue weighted by Crippen LogP contribution is -2.50. The van der Waals surface area contributed by atoms with E-state index in [1.165, 1.54) is 17.6 Å². The second kappa shape index (κ2) is 5.75. The number of amides is 2. The number of carbonyl (C=O) groups excluding carboxylic acids is 2. The summed E-state index contributed by atoms with van der Waals surface area (Å²) in [6, 6.07) is 3.33. The summed E-state index contributed by atoms with van der Waals surface area (Å²) in [5.74, 6) is 0.0512. The molecule has 1 aliphatic heterocycles. The largest absolute Gasteiger partial charge is 0.459 e. The molecule has 1 fully saturated rings. The van der Waals surface area contributed by atoms with Gasteiger partial charge in [0, 0.05) is 26.2 Å². The zero-order valence-electron chi connectivity index (χ0n) is 13.0. The van der Waals surface area contributed by atoms with E-state index in [-0.39, 0.29) is 11.8 Å². The Kier molecular flexibility index (Phi) is 3.57. The van der Waals surface area contributed by atoms with Crippen molar-refractivity contribution < 1.29 is 14.0 Å². The monoisotopic (exact) mass is 345 g/mol. The van der Waals surface area contributed by atoms with Crippen LogP contribution in [0.2, 0.25) is 0 Å². The molecular formula is C15H15N5O3S. The minimum Gasteiger partial charge on any atom is -0.459 e. The molecule has 0 spiro atoms. The zero-order chi connectivity index (χ0) is 16.7. The van der Waals surface area contributed by atoms with Crippen molar-refractivity contribution in [3.8, 4) is 0 Å². The van der Waals surface area contributed by atoms with Crippen molar-refractivity contribution in [3.63, 3.8) is 0 Å². The fourth-order valence-electron chi connectivity index (χ4n) is 2.73. The highest BCUT2D eigenvalue weighted by Gasteiger charge is 2.27. The molecule has 0 N–H and O–H groups in total. The zero-order valence-corrected chi connectivity index (χ0v) is 13.8. The van der Waals surface area contributed by atoms with Crippen molar-refractivity contribution in [2.75, 3.05) is 26.2 Å². The van der Waals surface area contributed by atoms with E-state index in [1.54, 1.807) is 32.6 Å². The molecule has 0 bridgehead atoms. The summed E-state index contributed by atoms with van der Waals surface area (Å²) < 4.78 is 6.77. The minimum absolute atomic E-state index is 0.129. The molecule has 124 valence electrons. The van der Waals surface area contributed by atoms with E-state index < -0.39 is 0 Å². The molecule has 2 amide bonds. The Morgan fingerprint density at radius 2 is 1.88 bits per heavy atom. The standard InChI is InChI=1S/C15H15N5O3S/c1-10-17-20-9-11(16-15(20)24-10)13(21)18-4-6-19(7-5-18)14(22)12-3-2-8-23-12/h2-3,8-9H,4-7H2,1H3. The summed E-state index contributed by atoms with van der Waals surface area (Å²) >= 11 is 1.45. The lowest BCUT2D eigenvalue weighted by Gasteiger charge is -2.33. The van der Waals surface area contributed by atoms with E-state index in [1.807, 2.05) is 6.92 Å². The van der Waals surface area contributed by atoms with Crippen molar-refractivity contribution in [3.05, 3.63) is 41.1 Å². The Hall–Kier alpha value is -2.68. The van der Waals surface area contributed by atoms with Crippen molar-refractivity contribution in [2.45, 2.75) is 6.92 Å². The number of carbonyl (C=O) groups is 2. The van der Waals surface area contributed by atoms with Crippen LogP contribution in [0.3, 0.4) is 0 Å². The van der Waals surface area contributed by atoms with Gasteiger partial charge in [0.05, 0.1) is 12.5 Å². The summed E-state index contributed by atoms with van der Waals surface area (Å²) in [5.41, 5.74) is 0.388. The molecule has 0 atom stereocenters. The van der Waals surface area contributed by atoms with Gasteiger partial charge in [-0.2, -0.15) is 5.10 Å². The summed E-state index contributed by atoms with van der Waals surface area (Å²) in [5, 5.41) is 5.17. The van der Waals surface area contributed by atoms with Crippen LogP contribution in [-0.4, -0.2) is 62.4 Å².